The van der Waals surface area contributed by atoms with Gasteiger partial charge in [0.1, 0.15) is 0 Å². The molecule has 24 aromatic rings. The molecular formula is C122H82. The van der Waals surface area contributed by atoms with Gasteiger partial charge in [-0.2, -0.15) is 0 Å². The molecular weight excluding hydrogens is 1470 g/mol. The molecule has 0 aliphatic heterocycles. The van der Waals surface area contributed by atoms with Crippen LogP contribution >= 0.6 is 0 Å². The Morgan fingerprint density at radius 2 is 0.262 bits per heavy atom. The third-order valence-corrected chi connectivity index (χ3v) is 25.3. The maximum absolute atomic E-state index is 2.32. The van der Waals surface area contributed by atoms with Crippen LogP contribution in [0.25, 0.3) is 229 Å². The zero-order chi connectivity index (χ0) is 81.1. The van der Waals surface area contributed by atoms with Crippen LogP contribution in [-0.2, 0) is 0 Å². The molecule has 0 aliphatic rings. The number of rotatable bonds is 9. The Morgan fingerprint density at radius 1 is 0.0984 bits per heavy atom. The second-order valence-electron chi connectivity index (χ2n) is 32.5. The number of hydrogen-bond acceptors (Lipinski definition) is 0. The summed E-state index contributed by atoms with van der Waals surface area (Å²) in [4.78, 5) is 0. The molecule has 0 spiro atoms. The first-order valence-electron chi connectivity index (χ1n) is 42.4. The van der Waals surface area contributed by atoms with Gasteiger partial charge in [0, 0.05) is 0 Å². The first-order valence-corrected chi connectivity index (χ1v) is 42.4. The Bertz CT molecular complexity index is 8040. The number of benzene rings is 24. The van der Waals surface area contributed by atoms with Gasteiger partial charge in [0.2, 0.25) is 0 Å². The summed E-state index contributed by atoms with van der Waals surface area (Å²) < 4.78 is 0. The summed E-state index contributed by atoms with van der Waals surface area (Å²) in [6.07, 6.45) is 0. The van der Waals surface area contributed by atoms with E-state index in [0.717, 1.165) is 0 Å². The summed E-state index contributed by atoms with van der Waals surface area (Å²) >= 11 is 0. The molecule has 0 radical (unpaired) electrons. The molecule has 0 unspecified atom stereocenters. The largest absolute Gasteiger partial charge is 0.0616 e. The van der Waals surface area contributed by atoms with Gasteiger partial charge in [-0.25, -0.2) is 0 Å². The lowest BCUT2D eigenvalue weighted by molar-refractivity contribution is 1.50. The monoisotopic (exact) mass is 1550 g/mol. The number of fused-ring (bicyclic) bond motifs is 12. The van der Waals surface area contributed by atoms with E-state index < -0.39 is 0 Å². The predicted octanol–water partition coefficient (Wildman–Crippen LogP) is 34.5. The lowest BCUT2D eigenvalue weighted by Crippen LogP contribution is -1.89. The number of hydrogen-bond donors (Lipinski definition) is 0. The molecule has 0 saturated heterocycles. The maximum atomic E-state index is 2.32. The minimum Gasteiger partial charge on any atom is -0.0616 e. The molecule has 122 heavy (non-hydrogen) atoms. The van der Waals surface area contributed by atoms with Gasteiger partial charge in [0.25, 0.3) is 0 Å². The number of aryl methyl sites for hydroxylation is 2. The van der Waals surface area contributed by atoms with Crippen LogP contribution in [-0.4, -0.2) is 0 Å². The van der Waals surface area contributed by atoms with Crippen molar-refractivity contribution in [3.63, 3.8) is 0 Å². The molecule has 570 valence electrons. The minimum absolute atomic E-state index is 1.25. The summed E-state index contributed by atoms with van der Waals surface area (Å²) in [5.41, 5.74) is 25.4. The van der Waals surface area contributed by atoms with Crippen molar-refractivity contribution in [3.8, 4) is 100 Å². The average molecular weight is 1550 g/mol. The van der Waals surface area contributed by atoms with Gasteiger partial charge >= 0.3 is 0 Å². The van der Waals surface area contributed by atoms with E-state index in [2.05, 4.69) is 475 Å². The maximum Gasteiger partial charge on any atom is -0.00987 e. The molecule has 0 aliphatic carbocycles. The molecule has 0 fully saturated rings. The molecule has 0 nitrogen and oxygen atoms in total. The lowest BCUT2D eigenvalue weighted by Gasteiger charge is -2.16. The lowest BCUT2D eigenvalue weighted by atomic mass is 9.87. The summed E-state index contributed by atoms with van der Waals surface area (Å²) in [6.45, 7) is 4.30. The van der Waals surface area contributed by atoms with Crippen LogP contribution in [0, 0.1) is 13.8 Å². The molecule has 0 amide bonds. The quantitative estimate of drug-likeness (QED) is 0.135. The van der Waals surface area contributed by atoms with E-state index in [1.807, 2.05) is 0 Å². The van der Waals surface area contributed by atoms with Crippen LogP contribution in [0.4, 0.5) is 0 Å². The van der Waals surface area contributed by atoms with Crippen LogP contribution in [0.3, 0.4) is 0 Å². The molecule has 0 aromatic heterocycles. The van der Waals surface area contributed by atoms with Gasteiger partial charge in [0.15, 0.2) is 0 Å². The van der Waals surface area contributed by atoms with Crippen LogP contribution < -0.4 is 0 Å². The normalized spacial score (nSPS) is 11.5. The Hall–Kier alpha value is -15.6. The summed E-state index contributed by atoms with van der Waals surface area (Å²) in [7, 11) is 0. The SMILES string of the molecule is Cc1ccc2cc(-c3cccc4c(-c5ccc(-c6ccc7cc(C)ccc7c6)c6ccccc56)cccc34)ccc2c1.c1ccc2c(-c3cccc4c(-c5ccc(-c6cccc7ccccc67)c6ccccc56)cccc34)cccc2c1.c1ccc2cc(-c3ccc(-c4cccc5c(-c6cccc7ccccc67)cccc45)c4ccccc34)ccc2c1. The zero-order valence-electron chi connectivity index (χ0n) is 67.9. The highest BCUT2D eigenvalue weighted by atomic mass is 14.2. The molecule has 24 rings (SSSR count). The van der Waals surface area contributed by atoms with Gasteiger partial charge in [-0.1, -0.05) is 454 Å². The summed E-state index contributed by atoms with van der Waals surface area (Å²) in [5.74, 6) is 0. The average Bonchev–Trinajstić information content (AvgIpc) is 0.763. The fourth-order valence-corrected chi connectivity index (χ4v) is 19.5. The highest BCUT2D eigenvalue weighted by Crippen LogP contribution is 2.47. The van der Waals surface area contributed by atoms with Gasteiger partial charge in [0.05, 0.1) is 0 Å². The second kappa shape index (κ2) is 31.0. The Morgan fingerprint density at radius 3 is 0.566 bits per heavy atom. The van der Waals surface area contributed by atoms with E-state index in [1.54, 1.807) is 0 Å². The first kappa shape index (κ1) is 72.8. The molecule has 0 heteroatoms. The standard InChI is InChI=1S/C42H30.2C40H26/c1-27-13-15-31-25-33(19-17-29(31)23-27)35-9-5-11-40-38(35)10-6-12-41(40)42-22-21-36(37-7-3-4-8-39(37)42)34-20-18-30-24-28(2)14-16-32(30)26-34;1-3-15-29-27(11-1)13-7-19-31(29)35-21-9-23-37-36(35)22-10-24-38(37)40-26-25-39(33-17-5-6-18-34(33)40)32-20-8-14-28-12-2-4-16-30(28)32;1-2-12-29-26-30(23-22-27(29)10-1)32-24-25-40(35-16-6-5-15-33(32)35)39-21-9-19-37-36(18-8-20-38(37)39)34-17-7-13-28-11-3-4-14-31(28)34/h3-26H,1-2H3;2*1-26H. The van der Waals surface area contributed by atoms with Crippen LogP contribution in [0.5, 0.6) is 0 Å². The molecule has 0 atom stereocenters. The Kier molecular flexibility index (Phi) is 18.5. The van der Waals surface area contributed by atoms with Crippen LogP contribution in [0.2, 0.25) is 0 Å². The first-order chi connectivity index (χ1) is 60.3. The summed E-state index contributed by atoms with van der Waals surface area (Å²) in [5, 5.41) is 30.6. The van der Waals surface area contributed by atoms with E-state index >= 15 is 0 Å². The molecule has 0 bridgehead atoms. The third-order valence-electron chi connectivity index (χ3n) is 25.3. The van der Waals surface area contributed by atoms with Crippen molar-refractivity contribution >= 4 is 129 Å². The van der Waals surface area contributed by atoms with E-state index in [9.17, 15) is 0 Å². The highest BCUT2D eigenvalue weighted by molar-refractivity contribution is 6.18. The third kappa shape index (κ3) is 13.1. The molecule has 0 N–H and O–H groups in total. The van der Waals surface area contributed by atoms with Gasteiger partial charge in [-0.3, -0.25) is 0 Å². The fourth-order valence-electron chi connectivity index (χ4n) is 19.5. The van der Waals surface area contributed by atoms with Gasteiger partial charge < -0.3 is 0 Å². The topological polar surface area (TPSA) is 0 Å². The fraction of sp³-hybridized carbons (Fsp3) is 0.0164. The van der Waals surface area contributed by atoms with E-state index in [-0.39, 0.29) is 0 Å². The Balaban J connectivity index is 0.000000109. The predicted molar refractivity (Wildman–Crippen MR) is 528 cm³/mol. The minimum atomic E-state index is 1.25. The summed E-state index contributed by atoms with van der Waals surface area (Å²) in [6, 6.07) is 169. The molecule has 0 heterocycles. The van der Waals surface area contributed by atoms with Crippen molar-refractivity contribution in [2.75, 3.05) is 0 Å². The smallest absolute Gasteiger partial charge is 0.00987 e. The van der Waals surface area contributed by atoms with Crippen molar-refractivity contribution in [1.29, 1.82) is 0 Å². The Labute approximate surface area is 710 Å². The zero-order valence-corrected chi connectivity index (χ0v) is 67.9. The highest BCUT2D eigenvalue weighted by Gasteiger charge is 2.20. The molecule has 0 saturated carbocycles. The van der Waals surface area contributed by atoms with Gasteiger partial charge in [-0.05, 0) is 261 Å². The van der Waals surface area contributed by atoms with Crippen molar-refractivity contribution in [1.82, 2.24) is 0 Å². The van der Waals surface area contributed by atoms with Gasteiger partial charge in [-0.15, -0.1) is 0 Å². The van der Waals surface area contributed by atoms with Crippen molar-refractivity contribution < 1.29 is 0 Å². The van der Waals surface area contributed by atoms with Crippen molar-refractivity contribution in [3.05, 3.63) is 472 Å². The van der Waals surface area contributed by atoms with E-state index in [0.29, 0.717) is 0 Å². The van der Waals surface area contributed by atoms with Crippen LogP contribution in [0.15, 0.2) is 461 Å². The van der Waals surface area contributed by atoms with Crippen molar-refractivity contribution in [2.45, 2.75) is 13.8 Å². The van der Waals surface area contributed by atoms with E-state index in [1.165, 1.54) is 241 Å². The van der Waals surface area contributed by atoms with Crippen molar-refractivity contribution in [2.24, 2.45) is 0 Å². The van der Waals surface area contributed by atoms with Crippen LogP contribution in [0.1, 0.15) is 11.1 Å². The second-order valence-corrected chi connectivity index (χ2v) is 32.5. The molecule has 24 aromatic carbocycles. The van der Waals surface area contributed by atoms with E-state index in [4.69, 9.17) is 0 Å².